The van der Waals surface area contributed by atoms with Crippen molar-refractivity contribution in [3.05, 3.63) is 65.2 Å². The third kappa shape index (κ3) is 3.61. The minimum Gasteiger partial charge on any atom is -0.323 e. The first kappa shape index (κ1) is 17.4. The van der Waals surface area contributed by atoms with E-state index < -0.39 is 0 Å². The van der Waals surface area contributed by atoms with Crippen LogP contribution in [0.15, 0.2) is 53.9 Å². The number of nitrogens with zero attached hydrogens (tertiary/aromatic N) is 2. The van der Waals surface area contributed by atoms with Crippen LogP contribution in [0.2, 0.25) is 0 Å². The Bertz CT molecular complexity index is 995. The third-order valence-electron chi connectivity index (χ3n) is 4.56. The molecule has 1 N–H and O–H groups in total. The Kier molecular flexibility index (Phi) is 4.73. The van der Waals surface area contributed by atoms with Gasteiger partial charge in [0.1, 0.15) is 11.6 Å². The van der Waals surface area contributed by atoms with Gasteiger partial charge in [-0.25, -0.2) is 4.98 Å². The van der Waals surface area contributed by atoms with Crippen molar-refractivity contribution in [2.75, 3.05) is 16.8 Å². The van der Waals surface area contributed by atoms with Crippen LogP contribution < -0.4 is 10.2 Å². The van der Waals surface area contributed by atoms with Crippen LogP contribution in [0.1, 0.15) is 18.2 Å². The fourth-order valence-electron chi connectivity index (χ4n) is 3.11. The maximum Gasteiger partial charge on any atom is 0.244 e. The van der Waals surface area contributed by atoms with E-state index >= 15 is 0 Å². The van der Waals surface area contributed by atoms with Crippen LogP contribution in [0, 0.1) is 0 Å². The van der Waals surface area contributed by atoms with Gasteiger partial charge in [-0.3, -0.25) is 9.59 Å². The van der Waals surface area contributed by atoms with Gasteiger partial charge in [0.25, 0.3) is 0 Å². The SMILES string of the molecule is CCc1ccc(-c2nc(CC(=O)N3CC(=O)Nc4ccccc43)cs2)cc1. The van der Waals surface area contributed by atoms with Crippen LogP contribution in [0.4, 0.5) is 11.4 Å². The van der Waals surface area contributed by atoms with Crippen molar-refractivity contribution in [1.82, 2.24) is 4.98 Å². The molecule has 1 aliphatic rings. The molecule has 1 aromatic heterocycles. The Labute approximate surface area is 161 Å². The van der Waals surface area contributed by atoms with E-state index in [0.717, 1.165) is 28.4 Å². The highest BCUT2D eigenvalue weighted by atomic mass is 32.1. The van der Waals surface area contributed by atoms with Crippen LogP contribution in [0.5, 0.6) is 0 Å². The Hall–Kier alpha value is -2.99. The lowest BCUT2D eigenvalue weighted by Gasteiger charge is -2.29. The van der Waals surface area contributed by atoms with E-state index in [-0.39, 0.29) is 24.8 Å². The van der Waals surface area contributed by atoms with Gasteiger partial charge in [0, 0.05) is 10.9 Å². The van der Waals surface area contributed by atoms with E-state index in [9.17, 15) is 9.59 Å². The van der Waals surface area contributed by atoms with Gasteiger partial charge >= 0.3 is 0 Å². The molecular formula is C21H19N3O2S. The average Bonchev–Trinajstić information content (AvgIpc) is 3.15. The topological polar surface area (TPSA) is 62.3 Å². The number of fused-ring (bicyclic) bond motifs is 1. The van der Waals surface area contributed by atoms with Crippen molar-refractivity contribution < 1.29 is 9.59 Å². The Morgan fingerprint density at radius 2 is 1.96 bits per heavy atom. The monoisotopic (exact) mass is 377 g/mol. The molecule has 5 nitrogen and oxygen atoms in total. The molecule has 2 heterocycles. The Balaban J connectivity index is 1.52. The molecule has 0 fully saturated rings. The minimum atomic E-state index is -0.183. The molecule has 4 rings (SSSR count). The van der Waals surface area contributed by atoms with Crippen molar-refractivity contribution >= 4 is 34.5 Å². The first-order valence-corrected chi connectivity index (χ1v) is 9.75. The van der Waals surface area contributed by atoms with Gasteiger partial charge in [0.05, 0.1) is 23.5 Å². The number of hydrogen-bond donors (Lipinski definition) is 1. The van der Waals surface area contributed by atoms with E-state index in [2.05, 4.69) is 41.5 Å². The van der Waals surface area contributed by atoms with Crippen molar-refractivity contribution in [3.63, 3.8) is 0 Å². The van der Waals surface area contributed by atoms with Crippen LogP contribution in [-0.4, -0.2) is 23.3 Å². The number of nitrogens with one attached hydrogen (secondary N) is 1. The fraction of sp³-hybridized carbons (Fsp3) is 0.190. The average molecular weight is 377 g/mol. The van der Waals surface area contributed by atoms with Crippen molar-refractivity contribution in [3.8, 4) is 10.6 Å². The summed E-state index contributed by atoms with van der Waals surface area (Å²) in [6, 6.07) is 15.7. The second-order valence-electron chi connectivity index (χ2n) is 6.42. The molecule has 0 atom stereocenters. The summed E-state index contributed by atoms with van der Waals surface area (Å²) in [7, 11) is 0. The molecule has 6 heteroatoms. The molecule has 0 radical (unpaired) electrons. The summed E-state index contributed by atoms with van der Waals surface area (Å²) in [5, 5.41) is 5.61. The van der Waals surface area contributed by atoms with Gasteiger partial charge in [-0.15, -0.1) is 11.3 Å². The van der Waals surface area contributed by atoms with Gasteiger partial charge in [-0.1, -0.05) is 43.3 Å². The summed E-state index contributed by atoms with van der Waals surface area (Å²) < 4.78 is 0. The fourth-order valence-corrected chi connectivity index (χ4v) is 3.94. The first-order chi connectivity index (χ1) is 13.1. The number of aryl methyl sites for hydroxylation is 1. The molecule has 0 bridgehead atoms. The number of carbonyl (C=O) groups excluding carboxylic acids is 2. The van der Waals surface area contributed by atoms with Gasteiger partial charge < -0.3 is 10.2 Å². The van der Waals surface area contributed by atoms with Crippen LogP contribution >= 0.6 is 11.3 Å². The second kappa shape index (κ2) is 7.32. The highest BCUT2D eigenvalue weighted by molar-refractivity contribution is 7.13. The summed E-state index contributed by atoms with van der Waals surface area (Å²) in [5.74, 6) is -0.312. The van der Waals surface area contributed by atoms with E-state index in [1.54, 1.807) is 6.07 Å². The lowest BCUT2D eigenvalue weighted by atomic mass is 10.1. The molecule has 0 spiro atoms. The summed E-state index contributed by atoms with van der Waals surface area (Å²) in [6.07, 6.45) is 1.17. The molecule has 0 aliphatic carbocycles. The Morgan fingerprint density at radius 1 is 1.19 bits per heavy atom. The molecule has 27 heavy (non-hydrogen) atoms. The summed E-state index contributed by atoms with van der Waals surface area (Å²) in [4.78, 5) is 30.9. The van der Waals surface area contributed by atoms with Crippen molar-refractivity contribution in [2.24, 2.45) is 0 Å². The smallest absolute Gasteiger partial charge is 0.244 e. The molecule has 3 aromatic rings. The number of thiazole rings is 1. The predicted octanol–water partition coefficient (Wildman–Crippen LogP) is 3.90. The Morgan fingerprint density at radius 3 is 2.74 bits per heavy atom. The van der Waals surface area contributed by atoms with Gasteiger partial charge in [-0.2, -0.15) is 0 Å². The molecule has 136 valence electrons. The highest BCUT2D eigenvalue weighted by Gasteiger charge is 2.27. The maximum absolute atomic E-state index is 12.8. The van der Waals surface area contributed by atoms with E-state index in [1.165, 1.54) is 21.8 Å². The molecular weight excluding hydrogens is 358 g/mol. The number of amides is 2. The summed E-state index contributed by atoms with van der Waals surface area (Å²) in [6.45, 7) is 2.16. The zero-order chi connectivity index (χ0) is 18.8. The van der Waals surface area contributed by atoms with Gasteiger partial charge in [0.15, 0.2) is 0 Å². The number of rotatable bonds is 4. The number of benzene rings is 2. The van der Waals surface area contributed by atoms with Gasteiger partial charge in [0.2, 0.25) is 11.8 Å². The standard InChI is InChI=1S/C21H19N3O2S/c1-2-14-7-9-15(10-8-14)21-22-16(13-27-21)11-20(26)24-12-19(25)23-17-5-3-4-6-18(17)24/h3-10,13H,2,11-12H2,1H3,(H,23,25). The third-order valence-corrected chi connectivity index (χ3v) is 5.51. The maximum atomic E-state index is 12.8. The number of para-hydroxylation sites is 2. The molecule has 0 saturated heterocycles. The van der Waals surface area contributed by atoms with Crippen molar-refractivity contribution in [2.45, 2.75) is 19.8 Å². The molecule has 0 unspecified atom stereocenters. The number of carbonyl (C=O) groups is 2. The minimum absolute atomic E-state index is 0.0331. The summed E-state index contributed by atoms with van der Waals surface area (Å²) in [5.41, 5.74) is 4.46. The van der Waals surface area contributed by atoms with Crippen LogP contribution in [0.3, 0.4) is 0 Å². The predicted molar refractivity (Wildman–Crippen MR) is 108 cm³/mol. The van der Waals surface area contributed by atoms with Crippen LogP contribution in [0.25, 0.3) is 10.6 Å². The normalized spacial score (nSPS) is 13.2. The highest BCUT2D eigenvalue weighted by Crippen LogP contribution is 2.30. The molecule has 2 amide bonds. The number of hydrogen-bond acceptors (Lipinski definition) is 4. The lowest BCUT2D eigenvalue weighted by molar-refractivity contribution is -0.121. The molecule has 0 saturated carbocycles. The zero-order valence-electron chi connectivity index (χ0n) is 14.9. The molecule has 2 aromatic carbocycles. The number of aromatic nitrogens is 1. The first-order valence-electron chi connectivity index (χ1n) is 8.87. The number of anilines is 2. The summed E-state index contributed by atoms with van der Waals surface area (Å²) >= 11 is 1.53. The van der Waals surface area contributed by atoms with Gasteiger partial charge in [-0.05, 0) is 24.1 Å². The quantitative estimate of drug-likeness (QED) is 0.750. The van der Waals surface area contributed by atoms with E-state index in [1.807, 2.05) is 23.6 Å². The van der Waals surface area contributed by atoms with Crippen LogP contribution in [-0.2, 0) is 22.4 Å². The van der Waals surface area contributed by atoms with Crippen molar-refractivity contribution in [1.29, 1.82) is 0 Å². The zero-order valence-corrected chi connectivity index (χ0v) is 15.8. The van der Waals surface area contributed by atoms with E-state index in [4.69, 9.17) is 0 Å². The second-order valence-corrected chi connectivity index (χ2v) is 7.27. The largest absolute Gasteiger partial charge is 0.323 e. The molecule has 1 aliphatic heterocycles. The van der Waals surface area contributed by atoms with E-state index in [0.29, 0.717) is 5.69 Å². The lowest BCUT2D eigenvalue weighted by Crippen LogP contribution is -2.42.